The Balaban J connectivity index is 2.12. The molecule has 0 spiro atoms. The summed E-state index contributed by atoms with van der Waals surface area (Å²) < 4.78 is 11.9. The van der Waals surface area contributed by atoms with Crippen LogP contribution in [0.4, 0.5) is 4.39 Å². The van der Waals surface area contributed by atoms with E-state index < -0.39 is 0 Å². The molecule has 0 bridgehead atoms. The van der Waals surface area contributed by atoms with Gasteiger partial charge in [0.2, 0.25) is 0 Å². The van der Waals surface area contributed by atoms with E-state index in [4.69, 9.17) is 5.73 Å². The van der Waals surface area contributed by atoms with E-state index in [1.165, 1.54) is 6.42 Å². The molecule has 2 N–H and O–H groups in total. The Morgan fingerprint density at radius 1 is 1.55 bits per heavy atom. The van der Waals surface area contributed by atoms with Crippen LogP contribution in [0.25, 0.3) is 0 Å². The maximum Gasteiger partial charge on any atom is 0.102 e. The molecule has 1 heterocycles. The first-order valence-electron chi connectivity index (χ1n) is 4.35. The Bertz CT molecular complexity index is 96.3. The summed E-state index contributed by atoms with van der Waals surface area (Å²) in [6, 6.07) is 0. The molecule has 0 saturated carbocycles. The highest BCUT2D eigenvalue weighted by molar-refractivity contribution is 4.75. The third kappa shape index (κ3) is 2.75. The Labute approximate surface area is 67.6 Å². The third-order valence-electron chi connectivity index (χ3n) is 2.35. The van der Waals surface area contributed by atoms with Crippen LogP contribution in [0.2, 0.25) is 0 Å². The van der Waals surface area contributed by atoms with Crippen molar-refractivity contribution >= 4 is 0 Å². The maximum absolute atomic E-state index is 11.9. The van der Waals surface area contributed by atoms with Gasteiger partial charge < -0.3 is 10.6 Å². The number of rotatable bonds is 4. The van der Waals surface area contributed by atoms with Crippen LogP contribution >= 0.6 is 0 Å². The van der Waals surface area contributed by atoms with Crippen molar-refractivity contribution in [3.8, 4) is 0 Å². The summed E-state index contributed by atoms with van der Waals surface area (Å²) in [4.78, 5) is 2.18. The van der Waals surface area contributed by atoms with Gasteiger partial charge in [-0.1, -0.05) is 0 Å². The van der Waals surface area contributed by atoms with Gasteiger partial charge in [0.1, 0.15) is 6.67 Å². The summed E-state index contributed by atoms with van der Waals surface area (Å²) >= 11 is 0. The van der Waals surface area contributed by atoms with E-state index >= 15 is 0 Å². The highest BCUT2D eigenvalue weighted by Crippen LogP contribution is 2.17. The summed E-state index contributed by atoms with van der Waals surface area (Å²) in [6.45, 7) is 3.29. The fraction of sp³-hybridized carbons (Fsp3) is 1.00. The van der Waals surface area contributed by atoms with Crippen LogP contribution in [0.1, 0.15) is 12.8 Å². The van der Waals surface area contributed by atoms with E-state index in [1.54, 1.807) is 0 Å². The lowest BCUT2D eigenvalue weighted by Crippen LogP contribution is -2.23. The van der Waals surface area contributed by atoms with E-state index in [0.717, 1.165) is 32.0 Å². The van der Waals surface area contributed by atoms with Gasteiger partial charge >= 0.3 is 0 Å². The molecule has 1 rings (SSSR count). The van der Waals surface area contributed by atoms with Gasteiger partial charge in [-0.25, -0.2) is 4.39 Å². The SMILES string of the molecule is NCCC1CCN(CCF)C1. The topological polar surface area (TPSA) is 29.3 Å². The van der Waals surface area contributed by atoms with Gasteiger partial charge in [0.25, 0.3) is 0 Å². The number of likely N-dealkylation sites (tertiary alicyclic amines) is 1. The van der Waals surface area contributed by atoms with Crippen molar-refractivity contribution in [2.45, 2.75) is 12.8 Å². The minimum Gasteiger partial charge on any atom is -0.330 e. The lowest BCUT2D eigenvalue weighted by molar-refractivity contribution is 0.286. The molecule has 0 radical (unpaired) electrons. The minimum atomic E-state index is -0.213. The van der Waals surface area contributed by atoms with Gasteiger partial charge in [-0.2, -0.15) is 0 Å². The normalized spacial score (nSPS) is 26.2. The fourth-order valence-corrected chi connectivity index (χ4v) is 1.71. The van der Waals surface area contributed by atoms with E-state index in [2.05, 4.69) is 4.90 Å². The van der Waals surface area contributed by atoms with E-state index in [0.29, 0.717) is 6.54 Å². The highest BCUT2D eigenvalue weighted by atomic mass is 19.1. The molecule has 1 fully saturated rings. The lowest BCUT2D eigenvalue weighted by atomic mass is 10.1. The van der Waals surface area contributed by atoms with Crippen molar-refractivity contribution in [3.63, 3.8) is 0 Å². The molecule has 0 aliphatic carbocycles. The van der Waals surface area contributed by atoms with Crippen molar-refractivity contribution in [3.05, 3.63) is 0 Å². The molecule has 1 atom stereocenters. The van der Waals surface area contributed by atoms with Gasteiger partial charge in [-0.15, -0.1) is 0 Å². The van der Waals surface area contributed by atoms with Crippen LogP contribution in [0.5, 0.6) is 0 Å². The van der Waals surface area contributed by atoms with E-state index in [-0.39, 0.29) is 6.67 Å². The van der Waals surface area contributed by atoms with Gasteiger partial charge in [-0.3, -0.25) is 0 Å². The number of alkyl halides is 1. The van der Waals surface area contributed by atoms with Crippen LogP contribution in [-0.2, 0) is 0 Å². The Hall–Kier alpha value is -0.150. The van der Waals surface area contributed by atoms with Crippen molar-refractivity contribution in [1.82, 2.24) is 4.90 Å². The molecule has 66 valence electrons. The number of nitrogens with zero attached hydrogens (tertiary/aromatic N) is 1. The van der Waals surface area contributed by atoms with Crippen molar-refractivity contribution in [2.75, 3.05) is 32.9 Å². The molecule has 3 heteroatoms. The second kappa shape index (κ2) is 4.67. The zero-order valence-corrected chi connectivity index (χ0v) is 6.93. The molecule has 1 saturated heterocycles. The van der Waals surface area contributed by atoms with Crippen molar-refractivity contribution in [2.24, 2.45) is 11.7 Å². The molecule has 1 aliphatic heterocycles. The Morgan fingerprint density at radius 3 is 3.00 bits per heavy atom. The quantitative estimate of drug-likeness (QED) is 0.653. The molecule has 1 aliphatic rings. The van der Waals surface area contributed by atoms with E-state index in [1.807, 2.05) is 0 Å². The van der Waals surface area contributed by atoms with Crippen LogP contribution in [0.3, 0.4) is 0 Å². The average Bonchev–Trinajstić information content (AvgIpc) is 2.38. The maximum atomic E-state index is 11.9. The molecule has 11 heavy (non-hydrogen) atoms. The van der Waals surface area contributed by atoms with Gasteiger partial charge in [0.05, 0.1) is 0 Å². The zero-order chi connectivity index (χ0) is 8.10. The third-order valence-corrected chi connectivity index (χ3v) is 2.35. The monoisotopic (exact) mass is 160 g/mol. The van der Waals surface area contributed by atoms with Crippen molar-refractivity contribution in [1.29, 1.82) is 0 Å². The number of nitrogens with two attached hydrogens (primary N) is 1. The summed E-state index contributed by atoms with van der Waals surface area (Å²) in [6.07, 6.45) is 2.31. The number of halogens is 1. The summed E-state index contributed by atoms with van der Waals surface area (Å²) in [7, 11) is 0. The predicted octanol–water partition coefficient (Wildman–Crippen LogP) is 0.627. The van der Waals surface area contributed by atoms with Gasteiger partial charge in [0, 0.05) is 13.1 Å². The summed E-state index contributed by atoms with van der Waals surface area (Å²) in [5.41, 5.74) is 5.44. The summed E-state index contributed by atoms with van der Waals surface area (Å²) in [5, 5.41) is 0. The first-order valence-corrected chi connectivity index (χ1v) is 4.35. The first-order chi connectivity index (χ1) is 5.36. The fourth-order valence-electron chi connectivity index (χ4n) is 1.71. The molecular weight excluding hydrogens is 143 g/mol. The minimum absolute atomic E-state index is 0.213. The van der Waals surface area contributed by atoms with Gasteiger partial charge in [-0.05, 0) is 31.8 Å². The van der Waals surface area contributed by atoms with Crippen LogP contribution < -0.4 is 5.73 Å². The van der Waals surface area contributed by atoms with Crippen LogP contribution in [-0.4, -0.2) is 37.8 Å². The molecule has 0 aromatic heterocycles. The lowest BCUT2D eigenvalue weighted by Gasteiger charge is -2.12. The molecule has 1 unspecified atom stereocenters. The summed E-state index contributed by atoms with van der Waals surface area (Å²) in [5.74, 6) is 0.728. The number of hydrogen-bond acceptors (Lipinski definition) is 2. The van der Waals surface area contributed by atoms with Crippen molar-refractivity contribution < 1.29 is 4.39 Å². The largest absolute Gasteiger partial charge is 0.330 e. The van der Waals surface area contributed by atoms with Gasteiger partial charge in [0.15, 0.2) is 0 Å². The molecule has 2 nitrogen and oxygen atoms in total. The Morgan fingerprint density at radius 2 is 2.36 bits per heavy atom. The second-order valence-electron chi connectivity index (χ2n) is 3.22. The molecule has 0 amide bonds. The molecule has 0 aromatic rings. The second-order valence-corrected chi connectivity index (χ2v) is 3.22. The Kier molecular flexibility index (Phi) is 3.80. The first kappa shape index (κ1) is 8.94. The van der Waals surface area contributed by atoms with Crippen LogP contribution in [0.15, 0.2) is 0 Å². The van der Waals surface area contributed by atoms with E-state index in [9.17, 15) is 4.39 Å². The van der Waals surface area contributed by atoms with Crippen LogP contribution in [0, 0.1) is 5.92 Å². The standard InChI is InChI=1S/C8H17FN2/c9-3-6-11-5-2-8(7-11)1-4-10/h8H,1-7,10H2. The average molecular weight is 160 g/mol. The molecule has 0 aromatic carbocycles. The predicted molar refractivity (Wildman–Crippen MR) is 44.2 cm³/mol. The highest BCUT2D eigenvalue weighted by Gasteiger charge is 2.20. The molecular formula is C8H17FN2. The zero-order valence-electron chi connectivity index (χ0n) is 6.93. The number of hydrogen-bond donors (Lipinski definition) is 1. The smallest absolute Gasteiger partial charge is 0.102 e.